The second kappa shape index (κ2) is 7.04. The number of carbonyl (C=O) groups is 2. The molecule has 2 unspecified atom stereocenters. The zero-order valence-corrected chi connectivity index (χ0v) is 16.9. The highest BCUT2D eigenvalue weighted by Gasteiger charge is 2.59. The number of amides is 2. The second-order valence-corrected chi connectivity index (χ2v) is 9.20. The van der Waals surface area contributed by atoms with Crippen molar-refractivity contribution in [2.75, 3.05) is 0 Å². The fraction of sp³-hybridized carbons (Fsp3) is 0.500. The molecule has 4 bridgehead atoms. The largest absolute Gasteiger partial charge is 0.414 e. The number of aromatic nitrogens is 3. The van der Waals surface area contributed by atoms with Gasteiger partial charge in [0.1, 0.15) is 12.0 Å². The Labute approximate surface area is 174 Å². The summed E-state index contributed by atoms with van der Waals surface area (Å²) >= 11 is 0. The molecule has 2 heterocycles. The monoisotopic (exact) mass is 407 g/mol. The van der Waals surface area contributed by atoms with E-state index in [-0.39, 0.29) is 22.9 Å². The van der Waals surface area contributed by atoms with Gasteiger partial charge in [0.05, 0.1) is 0 Å². The summed E-state index contributed by atoms with van der Waals surface area (Å²) in [4.78, 5) is 37.7. The average Bonchev–Trinajstić information content (AvgIpc) is 2.66. The molecule has 0 saturated heterocycles. The van der Waals surface area contributed by atoms with Crippen LogP contribution in [0.1, 0.15) is 54.7 Å². The molecule has 0 radical (unpaired) electrons. The number of aryl methyl sites for hydroxylation is 1. The Hall–Kier alpha value is -3.03. The molecule has 6 rings (SSSR count). The molecule has 156 valence electrons. The minimum absolute atomic E-state index is 0.139. The SMILES string of the molecule is Cc1cccc(C(=O)NC23CC4CC(CC(NC(=O)Oc5ccncn5)(C4)C2)C3)n1. The van der Waals surface area contributed by atoms with Gasteiger partial charge in [0.15, 0.2) is 0 Å². The summed E-state index contributed by atoms with van der Waals surface area (Å²) in [5.74, 6) is 1.05. The summed E-state index contributed by atoms with van der Waals surface area (Å²) in [7, 11) is 0. The lowest BCUT2D eigenvalue weighted by molar-refractivity contribution is -0.0450. The lowest BCUT2D eigenvalue weighted by atomic mass is 9.50. The van der Waals surface area contributed by atoms with Crippen LogP contribution in [0.5, 0.6) is 5.88 Å². The number of hydrogen-bond donors (Lipinski definition) is 2. The smallest absolute Gasteiger partial charge is 0.391 e. The van der Waals surface area contributed by atoms with Crippen molar-refractivity contribution in [3.8, 4) is 5.88 Å². The number of rotatable bonds is 4. The maximum atomic E-state index is 12.9. The molecule has 8 nitrogen and oxygen atoms in total. The summed E-state index contributed by atoms with van der Waals surface area (Å²) in [6, 6.07) is 7.03. The number of nitrogens with zero attached hydrogens (tertiary/aromatic N) is 3. The van der Waals surface area contributed by atoms with Crippen molar-refractivity contribution in [1.29, 1.82) is 0 Å². The summed E-state index contributed by atoms with van der Waals surface area (Å²) in [6.07, 6.45) is 7.98. The van der Waals surface area contributed by atoms with Gasteiger partial charge in [0.2, 0.25) is 5.88 Å². The van der Waals surface area contributed by atoms with Crippen molar-refractivity contribution in [3.05, 3.63) is 48.2 Å². The minimum Gasteiger partial charge on any atom is -0.391 e. The lowest BCUT2D eigenvalue weighted by Crippen LogP contribution is -2.70. The van der Waals surface area contributed by atoms with Crippen molar-refractivity contribution >= 4 is 12.0 Å². The van der Waals surface area contributed by atoms with E-state index in [2.05, 4.69) is 25.6 Å². The standard InChI is InChI=1S/C22H25N5O3/c1-14-3-2-4-17(25-14)19(28)26-21-8-15-7-16(9-21)11-22(10-15,12-21)27-20(29)30-18-5-6-23-13-24-18/h2-6,13,15-16H,7-12H2,1H3,(H,26,28)(H,27,29). The van der Waals surface area contributed by atoms with Gasteiger partial charge < -0.3 is 15.4 Å². The van der Waals surface area contributed by atoms with Gasteiger partial charge in [-0.2, -0.15) is 0 Å². The number of carbonyl (C=O) groups excluding carboxylic acids is 2. The van der Waals surface area contributed by atoms with Crippen LogP contribution in [0.4, 0.5) is 4.79 Å². The molecule has 4 aliphatic carbocycles. The van der Waals surface area contributed by atoms with Gasteiger partial charge in [-0.05, 0) is 69.4 Å². The Balaban J connectivity index is 1.33. The van der Waals surface area contributed by atoms with Crippen LogP contribution in [0.15, 0.2) is 36.8 Å². The van der Waals surface area contributed by atoms with Gasteiger partial charge in [-0.1, -0.05) is 6.07 Å². The van der Waals surface area contributed by atoms with E-state index < -0.39 is 6.09 Å². The first kappa shape index (κ1) is 19.0. The number of nitrogens with one attached hydrogen (secondary N) is 2. The van der Waals surface area contributed by atoms with Crippen LogP contribution in [-0.2, 0) is 0 Å². The Morgan fingerprint density at radius 2 is 1.80 bits per heavy atom. The van der Waals surface area contributed by atoms with Crippen molar-refractivity contribution in [1.82, 2.24) is 25.6 Å². The molecule has 0 aromatic carbocycles. The third-order valence-corrected chi connectivity index (χ3v) is 6.68. The molecule has 8 heteroatoms. The Bertz CT molecular complexity index is 966. The van der Waals surface area contributed by atoms with Crippen LogP contribution >= 0.6 is 0 Å². The molecule has 0 spiro atoms. The van der Waals surface area contributed by atoms with Gasteiger partial charge in [0.25, 0.3) is 5.91 Å². The van der Waals surface area contributed by atoms with Crippen molar-refractivity contribution in [2.24, 2.45) is 11.8 Å². The predicted molar refractivity (Wildman–Crippen MR) is 108 cm³/mol. The summed E-state index contributed by atoms with van der Waals surface area (Å²) in [6.45, 7) is 1.88. The van der Waals surface area contributed by atoms with E-state index in [4.69, 9.17) is 4.74 Å². The Morgan fingerprint density at radius 3 is 2.47 bits per heavy atom. The van der Waals surface area contributed by atoms with Crippen LogP contribution in [0.2, 0.25) is 0 Å². The van der Waals surface area contributed by atoms with Crippen LogP contribution < -0.4 is 15.4 Å². The molecule has 30 heavy (non-hydrogen) atoms. The fourth-order valence-electron chi connectivity index (χ4n) is 6.21. The van der Waals surface area contributed by atoms with Crippen molar-refractivity contribution < 1.29 is 14.3 Å². The molecule has 2 N–H and O–H groups in total. The van der Waals surface area contributed by atoms with Gasteiger partial charge >= 0.3 is 6.09 Å². The summed E-state index contributed by atoms with van der Waals surface area (Å²) < 4.78 is 5.35. The van der Waals surface area contributed by atoms with Gasteiger partial charge in [0, 0.05) is 29.0 Å². The van der Waals surface area contributed by atoms with E-state index in [1.807, 2.05) is 19.1 Å². The van der Waals surface area contributed by atoms with E-state index in [0.717, 1.165) is 37.8 Å². The predicted octanol–water partition coefficient (Wildman–Crippen LogP) is 2.79. The highest BCUT2D eigenvalue weighted by Crippen LogP contribution is 2.57. The molecule has 2 aromatic rings. The third kappa shape index (κ3) is 3.62. The molecule has 2 aromatic heterocycles. The van der Waals surface area contributed by atoms with Crippen molar-refractivity contribution in [2.45, 2.75) is 56.5 Å². The van der Waals surface area contributed by atoms with Crippen LogP contribution in [-0.4, -0.2) is 38.0 Å². The number of pyridine rings is 1. The quantitative estimate of drug-likeness (QED) is 0.807. The van der Waals surface area contributed by atoms with E-state index in [1.54, 1.807) is 12.1 Å². The molecular weight excluding hydrogens is 382 g/mol. The molecular formula is C22H25N5O3. The van der Waals surface area contributed by atoms with Crippen LogP contribution in [0.25, 0.3) is 0 Å². The first-order valence-electron chi connectivity index (χ1n) is 10.4. The van der Waals surface area contributed by atoms with E-state index in [0.29, 0.717) is 24.0 Å². The maximum Gasteiger partial charge on any atom is 0.414 e. The molecule has 0 aliphatic heterocycles. The first-order valence-corrected chi connectivity index (χ1v) is 10.4. The fourth-order valence-corrected chi connectivity index (χ4v) is 6.21. The molecule has 4 aliphatic rings. The van der Waals surface area contributed by atoms with Gasteiger partial charge in [-0.3, -0.25) is 4.79 Å². The molecule has 2 atom stereocenters. The molecule has 2 amide bonds. The van der Waals surface area contributed by atoms with Crippen LogP contribution in [0, 0.1) is 18.8 Å². The lowest BCUT2D eigenvalue weighted by Gasteiger charge is -2.61. The van der Waals surface area contributed by atoms with Gasteiger partial charge in [-0.15, -0.1) is 0 Å². The number of hydrogen-bond acceptors (Lipinski definition) is 6. The zero-order chi connectivity index (χ0) is 20.8. The highest BCUT2D eigenvalue weighted by atomic mass is 16.6. The third-order valence-electron chi connectivity index (χ3n) is 6.68. The maximum absolute atomic E-state index is 12.9. The highest BCUT2D eigenvalue weighted by molar-refractivity contribution is 5.92. The number of ether oxygens (including phenoxy) is 1. The molecule has 4 fully saturated rings. The minimum atomic E-state index is -0.502. The zero-order valence-electron chi connectivity index (χ0n) is 16.9. The first-order chi connectivity index (χ1) is 14.4. The topological polar surface area (TPSA) is 106 Å². The Kier molecular flexibility index (Phi) is 4.45. The second-order valence-electron chi connectivity index (χ2n) is 9.20. The normalized spacial score (nSPS) is 31.2. The Morgan fingerprint density at radius 1 is 1.07 bits per heavy atom. The van der Waals surface area contributed by atoms with E-state index in [9.17, 15) is 9.59 Å². The summed E-state index contributed by atoms with van der Waals surface area (Å²) in [5.41, 5.74) is 0.589. The average molecular weight is 407 g/mol. The molecule has 4 saturated carbocycles. The van der Waals surface area contributed by atoms with E-state index >= 15 is 0 Å². The van der Waals surface area contributed by atoms with Crippen molar-refractivity contribution in [3.63, 3.8) is 0 Å². The summed E-state index contributed by atoms with van der Waals surface area (Å²) in [5, 5.41) is 6.43. The van der Waals surface area contributed by atoms with Gasteiger partial charge in [-0.25, -0.2) is 19.7 Å². The van der Waals surface area contributed by atoms with Crippen LogP contribution in [0.3, 0.4) is 0 Å². The van der Waals surface area contributed by atoms with E-state index in [1.165, 1.54) is 12.5 Å².